The fourth-order valence-corrected chi connectivity index (χ4v) is 3.12. The summed E-state index contributed by atoms with van der Waals surface area (Å²) in [6.45, 7) is 0. The van der Waals surface area contributed by atoms with Crippen molar-refractivity contribution in [3.63, 3.8) is 0 Å². The first-order chi connectivity index (χ1) is 12.5. The number of amides is 1. The summed E-state index contributed by atoms with van der Waals surface area (Å²) in [4.78, 5) is 12.1. The van der Waals surface area contributed by atoms with Crippen molar-refractivity contribution in [1.82, 2.24) is 10.2 Å². The first kappa shape index (κ1) is 18.6. The third-order valence-electron chi connectivity index (χ3n) is 3.25. The molecule has 0 unspecified atom stereocenters. The smallest absolute Gasteiger partial charge is 0.277 e. The Balaban J connectivity index is 1.60. The number of hydrogen-bond acceptors (Lipinski definition) is 6. The zero-order chi connectivity index (χ0) is 18.5. The minimum Gasteiger partial charge on any atom is -0.497 e. The second-order valence-corrected chi connectivity index (χ2v) is 6.84. The minimum atomic E-state index is -0.201. The second kappa shape index (κ2) is 8.44. The SMILES string of the molecule is COc1cccc(NC(=O)CSc2nnc(-c3ccc(Cl)cc3Cl)o2)c1. The number of methoxy groups -OCH3 is 1. The highest BCUT2D eigenvalue weighted by atomic mass is 35.5. The molecule has 0 saturated heterocycles. The number of carbonyl (C=O) groups excluding carboxylic acids is 1. The zero-order valence-electron chi connectivity index (χ0n) is 13.5. The van der Waals surface area contributed by atoms with E-state index < -0.39 is 0 Å². The number of thioether (sulfide) groups is 1. The van der Waals surface area contributed by atoms with Gasteiger partial charge in [-0.05, 0) is 30.3 Å². The highest BCUT2D eigenvalue weighted by Gasteiger charge is 2.14. The molecule has 6 nitrogen and oxygen atoms in total. The van der Waals surface area contributed by atoms with Crippen LogP contribution in [0.5, 0.6) is 5.75 Å². The molecule has 0 aliphatic rings. The Bertz CT molecular complexity index is 933. The molecular weight excluding hydrogens is 397 g/mol. The van der Waals surface area contributed by atoms with Gasteiger partial charge in [0, 0.05) is 16.8 Å². The molecular formula is C17H13Cl2N3O3S. The summed E-state index contributed by atoms with van der Waals surface area (Å²) in [5.41, 5.74) is 1.23. The Hall–Kier alpha value is -2.22. The molecule has 26 heavy (non-hydrogen) atoms. The van der Waals surface area contributed by atoms with Crippen LogP contribution in [0.4, 0.5) is 5.69 Å². The summed E-state index contributed by atoms with van der Waals surface area (Å²) in [6, 6.07) is 12.1. The number of hydrogen-bond donors (Lipinski definition) is 1. The zero-order valence-corrected chi connectivity index (χ0v) is 15.9. The van der Waals surface area contributed by atoms with Crippen LogP contribution in [0.15, 0.2) is 52.1 Å². The molecule has 1 heterocycles. The number of rotatable bonds is 6. The molecule has 0 aliphatic carbocycles. The lowest BCUT2D eigenvalue weighted by Gasteiger charge is -2.05. The number of nitrogens with one attached hydrogen (secondary N) is 1. The molecule has 134 valence electrons. The number of ether oxygens (including phenoxy) is 1. The van der Waals surface area contributed by atoms with E-state index in [1.165, 1.54) is 0 Å². The van der Waals surface area contributed by atoms with Gasteiger partial charge >= 0.3 is 0 Å². The van der Waals surface area contributed by atoms with Gasteiger partial charge in [0.1, 0.15) is 5.75 Å². The van der Waals surface area contributed by atoms with Gasteiger partial charge < -0.3 is 14.5 Å². The number of nitrogens with zero attached hydrogens (tertiary/aromatic N) is 2. The number of benzene rings is 2. The average molecular weight is 410 g/mol. The maximum Gasteiger partial charge on any atom is 0.277 e. The van der Waals surface area contributed by atoms with Gasteiger partial charge in [0.15, 0.2) is 0 Å². The third-order valence-corrected chi connectivity index (χ3v) is 4.61. The van der Waals surface area contributed by atoms with E-state index in [0.29, 0.717) is 27.0 Å². The summed E-state index contributed by atoms with van der Waals surface area (Å²) in [5.74, 6) is 0.847. The molecule has 0 fully saturated rings. The van der Waals surface area contributed by atoms with Crippen molar-refractivity contribution >= 4 is 46.6 Å². The van der Waals surface area contributed by atoms with E-state index in [-0.39, 0.29) is 22.8 Å². The summed E-state index contributed by atoms with van der Waals surface area (Å²) in [5, 5.41) is 11.8. The fraction of sp³-hybridized carbons (Fsp3) is 0.118. The van der Waals surface area contributed by atoms with Gasteiger partial charge in [-0.2, -0.15) is 0 Å². The van der Waals surface area contributed by atoms with Gasteiger partial charge in [0.05, 0.1) is 23.4 Å². The predicted octanol–water partition coefficient (Wildman–Crippen LogP) is 4.78. The summed E-state index contributed by atoms with van der Waals surface area (Å²) >= 11 is 13.1. The maximum absolute atomic E-state index is 12.1. The molecule has 1 N–H and O–H groups in total. The molecule has 0 saturated carbocycles. The average Bonchev–Trinajstić information content (AvgIpc) is 3.09. The van der Waals surface area contributed by atoms with Gasteiger partial charge in [0.2, 0.25) is 11.8 Å². The fourth-order valence-electron chi connectivity index (χ4n) is 2.07. The molecule has 2 aromatic carbocycles. The Kier molecular flexibility index (Phi) is 6.03. The van der Waals surface area contributed by atoms with Crippen LogP contribution in [0.3, 0.4) is 0 Å². The van der Waals surface area contributed by atoms with E-state index in [9.17, 15) is 4.79 Å². The summed E-state index contributed by atoms with van der Waals surface area (Å²) in [6.07, 6.45) is 0. The topological polar surface area (TPSA) is 77.2 Å². The lowest BCUT2D eigenvalue weighted by Crippen LogP contribution is -2.13. The van der Waals surface area contributed by atoms with E-state index in [2.05, 4.69) is 15.5 Å². The maximum atomic E-state index is 12.1. The first-order valence-corrected chi connectivity index (χ1v) is 9.15. The molecule has 9 heteroatoms. The normalized spacial score (nSPS) is 10.6. The molecule has 0 aliphatic heterocycles. The largest absolute Gasteiger partial charge is 0.497 e. The molecule has 0 bridgehead atoms. The van der Waals surface area contributed by atoms with Gasteiger partial charge in [-0.1, -0.05) is 41.0 Å². The van der Waals surface area contributed by atoms with Crippen molar-refractivity contribution in [2.45, 2.75) is 5.22 Å². The Morgan fingerprint density at radius 2 is 2.08 bits per heavy atom. The number of carbonyl (C=O) groups is 1. The molecule has 1 amide bonds. The van der Waals surface area contributed by atoms with Crippen LogP contribution in [-0.2, 0) is 4.79 Å². The third kappa shape index (κ3) is 4.69. The van der Waals surface area contributed by atoms with E-state index in [4.69, 9.17) is 32.4 Å². The first-order valence-electron chi connectivity index (χ1n) is 7.41. The van der Waals surface area contributed by atoms with Crippen molar-refractivity contribution in [3.8, 4) is 17.2 Å². The summed E-state index contributed by atoms with van der Waals surface area (Å²) < 4.78 is 10.7. The van der Waals surface area contributed by atoms with Crippen LogP contribution in [-0.4, -0.2) is 29.0 Å². The molecule has 3 rings (SSSR count). The lowest BCUT2D eigenvalue weighted by atomic mass is 10.2. The van der Waals surface area contributed by atoms with Crippen LogP contribution in [0.1, 0.15) is 0 Å². The van der Waals surface area contributed by atoms with Crippen molar-refractivity contribution in [2.75, 3.05) is 18.2 Å². The molecule has 0 spiro atoms. The van der Waals surface area contributed by atoms with Crippen molar-refractivity contribution in [2.24, 2.45) is 0 Å². The van der Waals surface area contributed by atoms with Crippen molar-refractivity contribution in [1.29, 1.82) is 0 Å². The standard InChI is InChI=1S/C17H13Cl2N3O3S/c1-24-12-4-2-3-11(8-12)20-15(23)9-26-17-22-21-16(25-17)13-6-5-10(18)7-14(13)19/h2-8H,9H2,1H3,(H,20,23). The van der Waals surface area contributed by atoms with Gasteiger partial charge in [-0.3, -0.25) is 4.79 Å². The molecule has 3 aromatic rings. The Labute approximate surface area is 163 Å². The Morgan fingerprint density at radius 3 is 2.85 bits per heavy atom. The van der Waals surface area contributed by atoms with E-state index in [1.807, 2.05) is 0 Å². The monoisotopic (exact) mass is 409 g/mol. The van der Waals surface area contributed by atoms with Crippen molar-refractivity contribution in [3.05, 3.63) is 52.5 Å². The highest BCUT2D eigenvalue weighted by Crippen LogP contribution is 2.31. The number of aromatic nitrogens is 2. The Morgan fingerprint density at radius 1 is 1.23 bits per heavy atom. The predicted molar refractivity (Wildman–Crippen MR) is 102 cm³/mol. The molecule has 0 radical (unpaired) electrons. The molecule has 1 aromatic heterocycles. The number of anilines is 1. The van der Waals surface area contributed by atoms with Crippen LogP contribution in [0.25, 0.3) is 11.5 Å². The quantitative estimate of drug-likeness (QED) is 0.590. The van der Waals surface area contributed by atoms with Gasteiger partial charge in [-0.15, -0.1) is 10.2 Å². The number of halogens is 2. The van der Waals surface area contributed by atoms with Crippen LogP contribution >= 0.6 is 35.0 Å². The van der Waals surface area contributed by atoms with Crippen LogP contribution < -0.4 is 10.1 Å². The van der Waals surface area contributed by atoms with Gasteiger partial charge in [-0.25, -0.2) is 0 Å². The van der Waals surface area contributed by atoms with Crippen LogP contribution in [0, 0.1) is 0 Å². The molecule has 0 atom stereocenters. The van der Waals surface area contributed by atoms with Crippen molar-refractivity contribution < 1.29 is 13.9 Å². The minimum absolute atomic E-state index is 0.118. The van der Waals surface area contributed by atoms with E-state index in [1.54, 1.807) is 49.6 Å². The van der Waals surface area contributed by atoms with Crippen LogP contribution in [0.2, 0.25) is 10.0 Å². The lowest BCUT2D eigenvalue weighted by molar-refractivity contribution is -0.113. The highest BCUT2D eigenvalue weighted by molar-refractivity contribution is 7.99. The van der Waals surface area contributed by atoms with E-state index >= 15 is 0 Å². The second-order valence-electron chi connectivity index (χ2n) is 5.07. The summed E-state index contributed by atoms with van der Waals surface area (Å²) in [7, 11) is 1.57. The van der Waals surface area contributed by atoms with Gasteiger partial charge in [0.25, 0.3) is 5.22 Å². The van der Waals surface area contributed by atoms with E-state index in [0.717, 1.165) is 11.8 Å².